The Labute approximate surface area is 197 Å². The van der Waals surface area contributed by atoms with Gasteiger partial charge in [0.15, 0.2) is 5.72 Å². The number of H-pyrrole nitrogens is 1. The molecule has 0 bridgehead atoms. The Morgan fingerprint density at radius 3 is 2.71 bits per heavy atom. The van der Waals surface area contributed by atoms with Crippen LogP contribution in [0.3, 0.4) is 0 Å². The van der Waals surface area contributed by atoms with Crippen LogP contribution in [0.5, 0.6) is 6.01 Å². The van der Waals surface area contributed by atoms with Gasteiger partial charge in [-0.2, -0.15) is 4.98 Å². The summed E-state index contributed by atoms with van der Waals surface area (Å²) in [5.41, 5.74) is -1.57. The zero-order chi connectivity index (χ0) is 24.9. The molecule has 0 radical (unpaired) electrons. The minimum absolute atomic E-state index is 0.0912. The number of imidazole rings is 1. The molecule has 5 rings (SSSR count). The maximum Gasteiger partial charge on any atom is 0.414 e. The number of terminal acetylenes is 1. The number of anilines is 1. The van der Waals surface area contributed by atoms with E-state index in [4.69, 9.17) is 11.2 Å². The second-order valence-electron chi connectivity index (χ2n) is 7.70. The van der Waals surface area contributed by atoms with Gasteiger partial charge in [-0.1, -0.05) is 30.2 Å². The second-order valence-corrected chi connectivity index (χ2v) is 7.70. The molecule has 35 heavy (non-hydrogen) atoms. The van der Waals surface area contributed by atoms with Crippen LogP contribution in [0.1, 0.15) is 27.0 Å². The molecule has 8 nitrogen and oxygen atoms in total. The van der Waals surface area contributed by atoms with Gasteiger partial charge in [0.05, 0.1) is 22.3 Å². The number of benzene rings is 3. The van der Waals surface area contributed by atoms with Crippen molar-refractivity contribution in [1.82, 2.24) is 15.3 Å². The van der Waals surface area contributed by atoms with Crippen LogP contribution in [-0.2, 0) is 5.72 Å². The fourth-order valence-corrected chi connectivity index (χ4v) is 4.14. The number of hydrogen-bond acceptors (Lipinski definition) is 5. The third kappa shape index (κ3) is 3.29. The molecular formula is C25H16F2N4O4. The molecule has 2 amide bonds. The Kier molecular flexibility index (Phi) is 5.00. The van der Waals surface area contributed by atoms with Crippen LogP contribution in [0, 0.1) is 24.0 Å². The van der Waals surface area contributed by atoms with E-state index in [2.05, 4.69) is 21.2 Å². The average Bonchev–Trinajstić information content (AvgIpc) is 3.35. The number of aliphatic hydroxyl groups is 1. The summed E-state index contributed by atoms with van der Waals surface area (Å²) in [6, 6.07) is 12.3. The van der Waals surface area contributed by atoms with Crippen LogP contribution < -0.4 is 15.0 Å². The third-order valence-electron chi connectivity index (χ3n) is 5.75. The fraction of sp³-hybridized carbons (Fsp3) is 0.0800. The Bertz CT molecular complexity index is 1580. The first-order valence-electron chi connectivity index (χ1n) is 10.3. The molecule has 1 aliphatic heterocycles. The third-order valence-corrected chi connectivity index (χ3v) is 5.75. The van der Waals surface area contributed by atoms with E-state index in [9.17, 15) is 19.1 Å². The maximum absolute atomic E-state index is 15.0. The number of amides is 2. The van der Waals surface area contributed by atoms with E-state index in [1.807, 2.05) is 0 Å². The highest BCUT2D eigenvalue weighted by atomic mass is 19.1. The lowest BCUT2D eigenvalue weighted by Gasteiger charge is -2.35. The van der Waals surface area contributed by atoms with Gasteiger partial charge in [0.1, 0.15) is 11.6 Å². The number of rotatable bonds is 3. The van der Waals surface area contributed by atoms with Crippen molar-refractivity contribution < 1.29 is 28.2 Å². The minimum atomic E-state index is -2.18. The van der Waals surface area contributed by atoms with Crippen molar-refractivity contribution in [1.29, 1.82) is 0 Å². The molecule has 1 aliphatic rings. The average molecular weight is 474 g/mol. The Balaban J connectivity index is 1.72. The topological polar surface area (TPSA) is 108 Å². The molecule has 2 heterocycles. The molecule has 1 unspecified atom stereocenters. The number of ether oxygens (including phenoxy) is 1. The highest BCUT2D eigenvalue weighted by Gasteiger charge is 2.51. The molecule has 0 fully saturated rings. The van der Waals surface area contributed by atoms with E-state index in [1.54, 1.807) is 12.1 Å². The van der Waals surface area contributed by atoms with Crippen LogP contribution in [-0.4, -0.2) is 34.1 Å². The fourth-order valence-electron chi connectivity index (χ4n) is 4.14. The summed E-state index contributed by atoms with van der Waals surface area (Å²) in [4.78, 5) is 32.7. The van der Waals surface area contributed by atoms with Crippen molar-refractivity contribution in [2.75, 3.05) is 11.9 Å². The van der Waals surface area contributed by atoms with E-state index in [1.165, 1.54) is 37.4 Å². The molecule has 0 aliphatic carbocycles. The molecule has 10 heteroatoms. The molecule has 174 valence electrons. The van der Waals surface area contributed by atoms with Crippen LogP contribution >= 0.6 is 0 Å². The number of halogens is 2. The minimum Gasteiger partial charge on any atom is -0.375 e. The van der Waals surface area contributed by atoms with Gasteiger partial charge in [-0.25, -0.2) is 13.6 Å². The van der Waals surface area contributed by atoms with E-state index >= 15 is 4.39 Å². The van der Waals surface area contributed by atoms with Gasteiger partial charge in [0, 0.05) is 29.8 Å². The molecule has 4 aromatic rings. The van der Waals surface area contributed by atoms with Crippen molar-refractivity contribution in [3.63, 3.8) is 0 Å². The number of aromatic nitrogens is 2. The molecular weight excluding hydrogens is 458 g/mol. The smallest absolute Gasteiger partial charge is 0.375 e. The number of aromatic amines is 1. The van der Waals surface area contributed by atoms with Crippen molar-refractivity contribution >= 4 is 28.7 Å². The van der Waals surface area contributed by atoms with Gasteiger partial charge in [0.2, 0.25) is 0 Å². The summed E-state index contributed by atoms with van der Waals surface area (Å²) < 4.78 is 34.1. The van der Waals surface area contributed by atoms with Crippen molar-refractivity contribution in [3.05, 3.63) is 88.5 Å². The lowest BCUT2D eigenvalue weighted by atomic mass is 9.93. The number of carbonyl (C=O) groups is 2. The van der Waals surface area contributed by atoms with E-state index < -0.39 is 35.0 Å². The first-order chi connectivity index (χ1) is 16.8. The van der Waals surface area contributed by atoms with E-state index in [-0.39, 0.29) is 28.3 Å². The number of fused-ring (bicyclic) bond motifs is 2. The summed E-state index contributed by atoms with van der Waals surface area (Å²) in [7, 11) is 1.39. The van der Waals surface area contributed by atoms with Gasteiger partial charge in [-0.15, -0.1) is 6.42 Å². The van der Waals surface area contributed by atoms with Gasteiger partial charge < -0.3 is 20.1 Å². The van der Waals surface area contributed by atoms with Gasteiger partial charge in [-0.05, 0) is 24.3 Å². The SMILES string of the molecule is C#Cc1cc(N2C(=O)c3ccccc3C2(O)c2ccc3nc(OC(=O)NC)[nH]c3c2)c(F)cc1F. The molecule has 1 atom stereocenters. The first-order valence-corrected chi connectivity index (χ1v) is 10.3. The van der Waals surface area contributed by atoms with Gasteiger partial charge in [-0.3, -0.25) is 9.69 Å². The summed E-state index contributed by atoms with van der Waals surface area (Å²) in [5.74, 6) is -0.635. The summed E-state index contributed by atoms with van der Waals surface area (Å²) >= 11 is 0. The van der Waals surface area contributed by atoms with Crippen LogP contribution in [0.25, 0.3) is 11.0 Å². The Morgan fingerprint density at radius 2 is 1.97 bits per heavy atom. The highest BCUT2D eigenvalue weighted by molar-refractivity contribution is 6.12. The molecule has 3 aromatic carbocycles. The quantitative estimate of drug-likeness (QED) is 0.395. The molecule has 3 N–H and O–H groups in total. The summed E-state index contributed by atoms with van der Waals surface area (Å²) in [6.45, 7) is 0. The molecule has 0 saturated carbocycles. The van der Waals surface area contributed by atoms with Gasteiger partial charge >= 0.3 is 12.1 Å². The highest BCUT2D eigenvalue weighted by Crippen LogP contribution is 2.46. The second kappa shape index (κ2) is 7.93. The Hall–Kier alpha value is -4.75. The normalized spacial score (nSPS) is 16.8. The zero-order valence-electron chi connectivity index (χ0n) is 18.1. The van der Waals surface area contributed by atoms with Crippen LogP contribution in [0.4, 0.5) is 19.3 Å². The van der Waals surface area contributed by atoms with Gasteiger partial charge in [0.25, 0.3) is 5.91 Å². The first kappa shape index (κ1) is 22.1. The monoisotopic (exact) mass is 474 g/mol. The number of nitrogens with zero attached hydrogens (tertiary/aromatic N) is 2. The standard InChI is InChI=1S/C25H16F2N4O4/c1-3-13-10-21(18(27)12-17(13)26)31-22(32)15-6-4-5-7-16(15)25(31,34)14-8-9-19-20(11-14)30-23(29-19)35-24(33)28-2/h1,4-12,34H,2H3,(H,28,33)(H,29,30). The number of hydrogen-bond donors (Lipinski definition) is 3. The lowest BCUT2D eigenvalue weighted by molar-refractivity contribution is 0.0699. The largest absolute Gasteiger partial charge is 0.414 e. The lowest BCUT2D eigenvalue weighted by Crippen LogP contribution is -2.45. The van der Waals surface area contributed by atoms with Crippen LogP contribution in [0.2, 0.25) is 0 Å². The zero-order valence-corrected chi connectivity index (χ0v) is 18.1. The maximum atomic E-state index is 15.0. The summed E-state index contributed by atoms with van der Waals surface area (Å²) in [5, 5.41) is 14.4. The Morgan fingerprint density at radius 1 is 1.20 bits per heavy atom. The summed E-state index contributed by atoms with van der Waals surface area (Å²) in [6.07, 6.45) is 4.61. The predicted octanol–water partition coefficient (Wildman–Crippen LogP) is 3.39. The number of nitrogens with one attached hydrogen (secondary N) is 2. The van der Waals surface area contributed by atoms with E-state index in [0.29, 0.717) is 17.1 Å². The van der Waals surface area contributed by atoms with Crippen molar-refractivity contribution in [3.8, 4) is 18.4 Å². The van der Waals surface area contributed by atoms with Crippen molar-refractivity contribution in [2.45, 2.75) is 5.72 Å². The molecule has 1 aromatic heterocycles. The predicted molar refractivity (Wildman–Crippen MR) is 122 cm³/mol. The molecule has 0 spiro atoms. The number of carbonyl (C=O) groups excluding carboxylic acids is 2. The van der Waals surface area contributed by atoms with Crippen molar-refractivity contribution in [2.24, 2.45) is 0 Å². The molecule has 0 saturated heterocycles. The van der Waals surface area contributed by atoms with Crippen LogP contribution in [0.15, 0.2) is 54.6 Å². The van der Waals surface area contributed by atoms with E-state index in [0.717, 1.165) is 11.0 Å².